The van der Waals surface area contributed by atoms with E-state index in [2.05, 4.69) is 4.74 Å². The Balaban J connectivity index is 0.000000206. The van der Waals surface area contributed by atoms with E-state index in [1.165, 1.54) is 0 Å². The van der Waals surface area contributed by atoms with Gasteiger partial charge in [-0.25, -0.2) is 9.59 Å². The molecule has 3 nitrogen and oxygen atoms in total. The fourth-order valence-electron chi connectivity index (χ4n) is 1.26. The summed E-state index contributed by atoms with van der Waals surface area (Å²) >= 11 is 0. The van der Waals surface area contributed by atoms with Gasteiger partial charge in [-0.1, -0.05) is 12.1 Å². The summed E-state index contributed by atoms with van der Waals surface area (Å²) in [4.78, 5) is 21.7. The molecular formula is C11H6F6O3. The molecule has 0 amide bonds. The maximum atomic E-state index is 10.8. The number of rotatable bonds is 0. The van der Waals surface area contributed by atoms with Crippen molar-refractivity contribution in [1.82, 2.24) is 0 Å². The van der Waals surface area contributed by atoms with Crippen molar-refractivity contribution in [2.24, 2.45) is 0 Å². The van der Waals surface area contributed by atoms with Crippen molar-refractivity contribution < 1.29 is 40.7 Å². The third-order valence-corrected chi connectivity index (χ3v) is 1.95. The molecule has 0 atom stereocenters. The number of cyclic esters (lactones) is 2. The van der Waals surface area contributed by atoms with Crippen LogP contribution in [0.25, 0.3) is 0 Å². The highest BCUT2D eigenvalue weighted by Crippen LogP contribution is 2.31. The van der Waals surface area contributed by atoms with Gasteiger partial charge in [0.2, 0.25) is 0 Å². The maximum absolute atomic E-state index is 10.8. The van der Waals surface area contributed by atoms with Crippen molar-refractivity contribution in [1.29, 1.82) is 0 Å². The van der Waals surface area contributed by atoms with Gasteiger partial charge in [0, 0.05) is 0 Å². The molecule has 0 N–H and O–H groups in total. The van der Waals surface area contributed by atoms with Crippen LogP contribution in [0.15, 0.2) is 24.3 Å². The van der Waals surface area contributed by atoms with Crippen LogP contribution in [0, 0.1) is 0 Å². The monoisotopic (exact) mass is 300 g/mol. The summed E-state index contributed by atoms with van der Waals surface area (Å²) in [6.45, 7) is 0. The van der Waals surface area contributed by atoms with Gasteiger partial charge in [0.1, 0.15) is 6.42 Å². The van der Waals surface area contributed by atoms with Gasteiger partial charge in [0.15, 0.2) is 0 Å². The highest BCUT2D eigenvalue weighted by molar-refractivity contribution is 6.14. The number of ether oxygens (including phenoxy) is 1. The minimum absolute atomic E-state index is 0.359. The summed E-state index contributed by atoms with van der Waals surface area (Å²) in [6, 6.07) is 6.53. The second-order valence-electron chi connectivity index (χ2n) is 3.63. The quantitative estimate of drug-likeness (QED) is 0.418. The van der Waals surface area contributed by atoms with Crippen LogP contribution in [0.3, 0.4) is 0 Å². The van der Waals surface area contributed by atoms with E-state index in [-0.39, 0.29) is 0 Å². The van der Waals surface area contributed by atoms with Crippen LogP contribution in [0.1, 0.15) is 27.1 Å². The summed E-state index contributed by atoms with van der Waals surface area (Å²) < 4.78 is 69.3. The average molecular weight is 300 g/mol. The molecule has 1 aliphatic heterocycles. The van der Waals surface area contributed by atoms with Gasteiger partial charge in [-0.15, -0.1) is 0 Å². The van der Waals surface area contributed by atoms with E-state index in [4.69, 9.17) is 0 Å². The number of benzene rings is 1. The van der Waals surface area contributed by atoms with Gasteiger partial charge >= 0.3 is 24.3 Å². The van der Waals surface area contributed by atoms with Gasteiger partial charge in [-0.2, -0.15) is 26.3 Å². The Hall–Kier alpha value is -2.06. The zero-order chi connectivity index (χ0) is 15.6. The summed E-state index contributed by atoms with van der Waals surface area (Å²) in [5, 5.41) is 0. The lowest BCUT2D eigenvalue weighted by Gasteiger charge is -2.08. The van der Waals surface area contributed by atoms with Crippen LogP contribution in [0.2, 0.25) is 0 Å². The molecule has 1 heterocycles. The summed E-state index contributed by atoms with van der Waals surface area (Å²) in [5.41, 5.74) is 0.718. The molecule has 0 spiro atoms. The zero-order valence-electron chi connectivity index (χ0n) is 9.51. The Bertz CT molecular complexity index is 473. The van der Waals surface area contributed by atoms with E-state index in [1.54, 1.807) is 24.3 Å². The third-order valence-electron chi connectivity index (χ3n) is 1.95. The molecular weight excluding hydrogens is 294 g/mol. The van der Waals surface area contributed by atoms with Gasteiger partial charge in [0.05, 0.1) is 11.1 Å². The van der Waals surface area contributed by atoms with Crippen molar-refractivity contribution >= 4 is 11.9 Å². The molecule has 9 heteroatoms. The van der Waals surface area contributed by atoms with Gasteiger partial charge in [-0.05, 0) is 12.1 Å². The lowest BCUT2D eigenvalue weighted by molar-refractivity contribution is -0.232. The first-order valence-electron chi connectivity index (χ1n) is 4.98. The van der Waals surface area contributed by atoms with Crippen LogP contribution in [-0.4, -0.2) is 24.3 Å². The molecule has 20 heavy (non-hydrogen) atoms. The number of halogens is 6. The van der Waals surface area contributed by atoms with Gasteiger partial charge < -0.3 is 4.74 Å². The number of alkyl halides is 6. The van der Waals surface area contributed by atoms with Crippen LogP contribution < -0.4 is 0 Å². The maximum Gasteiger partial charge on any atom is 0.397 e. The molecule has 1 aromatic rings. The van der Waals surface area contributed by atoms with Crippen molar-refractivity contribution in [3.63, 3.8) is 0 Å². The highest BCUT2D eigenvalue weighted by atomic mass is 19.4. The number of hydrogen-bond donors (Lipinski definition) is 0. The van der Waals surface area contributed by atoms with E-state index in [0.29, 0.717) is 11.1 Å². The number of hydrogen-bond acceptors (Lipinski definition) is 3. The van der Waals surface area contributed by atoms with Crippen LogP contribution >= 0.6 is 0 Å². The third kappa shape index (κ3) is 4.90. The lowest BCUT2D eigenvalue weighted by Crippen LogP contribution is -2.20. The predicted octanol–water partition coefficient (Wildman–Crippen LogP) is 3.50. The van der Waals surface area contributed by atoms with Crippen molar-refractivity contribution in [2.45, 2.75) is 18.8 Å². The molecule has 0 saturated carbocycles. The second-order valence-corrected chi connectivity index (χ2v) is 3.63. The number of fused-ring (bicyclic) bond motifs is 1. The molecule has 0 unspecified atom stereocenters. The molecule has 0 radical (unpaired) electrons. The number of carbonyl (C=O) groups is 2. The van der Waals surface area contributed by atoms with E-state index in [9.17, 15) is 35.9 Å². The molecule has 0 saturated heterocycles. The second kappa shape index (κ2) is 5.51. The smallest absolute Gasteiger partial charge is 0.386 e. The van der Waals surface area contributed by atoms with E-state index < -0.39 is 30.7 Å². The molecule has 0 aliphatic carbocycles. The van der Waals surface area contributed by atoms with Gasteiger partial charge in [0.25, 0.3) is 0 Å². The SMILES string of the molecule is FC(F)(F)CC(F)(F)F.O=C1OC(=O)c2ccccc21. The Morgan fingerprint density at radius 1 is 0.800 bits per heavy atom. The minimum atomic E-state index is -5.14. The van der Waals surface area contributed by atoms with E-state index >= 15 is 0 Å². The Labute approximate surface area is 108 Å². The standard InChI is InChI=1S/C8H4O3.C3H2F6/c9-7-5-3-1-2-4-6(5)8(10)11-7;4-2(5,6)1-3(7,8)9/h1-4H;1H2. The van der Waals surface area contributed by atoms with E-state index in [1.807, 2.05) is 0 Å². The summed E-state index contributed by atoms with van der Waals surface area (Å²) in [7, 11) is 0. The fourth-order valence-corrected chi connectivity index (χ4v) is 1.26. The Morgan fingerprint density at radius 2 is 1.15 bits per heavy atom. The van der Waals surface area contributed by atoms with Crippen molar-refractivity contribution in [2.75, 3.05) is 0 Å². The van der Waals surface area contributed by atoms with Gasteiger partial charge in [-0.3, -0.25) is 0 Å². The molecule has 1 aliphatic rings. The van der Waals surface area contributed by atoms with Crippen molar-refractivity contribution in [3.8, 4) is 0 Å². The zero-order valence-corrected chi connectivity index (χ0v) is 9.51. The number of carbonyl (C=O) groups excluding carboxylic acids is 2. The van der Waals surface area contributed by atoms with Crippen LogP contribution in [0.5, 0.6) is 0 Å². The molecule has 110 valence electrons. The average Bonchev–Trinajstić information content (AvgIpc) is 2.51. The molecule has 0 bridgehead atoms. The van der Waals surface area contributed by atoms with E-state index in [0.717, 1.165) is 0 Å². The first-order chi connectivity index (χ1) is 8.99. The molecule has 2 rings (SSSR count). The number of esters is 2. The highest BCUT2D eigenvalue weighted by Gasteiger charge is 2.43. The Morgan fingerprint density at radius 3 is 1.40 bits per heavy atom. The first kappa shape index (κ1) is 16.0. The summed E-state index contributed by atoms with van der Waals surface area (Å²) in [6.07, 6.45) is -13.0. The topological polar surface area (TPSA) is 43.4 Å². The Kier molecular flexibility index (Phi) is 4.41. The first-order valence-corrected chi connectivity index (χ1v) is 4.98. The van der Waals surface area contributed by atoms with Crippen LogP contribution in [-0.2, 0) is 4.74 Å². The fraction of sp³-hybridized carbons (Fsp3) is 0.273. The lowest BCUT2D eigenvalue weighted by atomic mass is 10.1. The normalized spacial score (nSPS) is 14.3. The summed E-state index contributed by atoms with van der Waals surface area (Å²) in [5.74, 6) is -1.10. The molecule has 0 fully saturated rings. The minimum Gasteiger partial charge on any atom is -0.386 e. The van der Waals surface area contributed by atoms with Crippen molar-refractivity contribution in [3.05, 3.63) is 35.4 Å². The molecule has 0 aromatic heterocycles. The van der Waals surface area contributed by atoms with Crippen LogP contribution in [0.4, 0.5) is 26.3 Å². The molecule has 1 aromatic carbocycles. The largest absolute Gasteiger partial charge is 0.397 e. The predicted molar refractivity (Wildman–Crippen MR) is 52.9 cm³/mol.